The predicted octanol–water partition coefficient (Wildman–Crippen LogP) is 2.86. The molecule has 0 radical (unpaired) electrons. The van der Waals surface area contributed by atoms with Crippen LogP contribution in [0.2, 0.25) is 0 Å². The van der Waals surface area contributed by atoms with Crippen molar-refractivity contribution in [1.82, 2.24) is 14.5 Å². The van der Waals surface area contributed by atoms with Crippen molar-refractivity contribution in [1.29, 1.82) is 0 Å². The summed E-state index contributed by atoms with van der Waals surface area (Å²) in [6.07, 6.45) is 4.38. The Labute approximate surface area is 143 Å². The molecule has 1 amide bonds. The Balaban J connectivity index is 1.70. The molecule has 0 unspecified atom stereocenters. The molecule has 0 N–H and O–H groups in total. The van der Waals surface area contributed by atoms with E-state index in [1.165, 1.54) is 0 Å². The normalized spacial score (nSPS) is 17.6. The minimum Gasteiger partial charge on any atom is -0.368 e. The monoisotopic (exact) mass is 327 g/mol. The molecule has 5 heteroatoms. The lowest BCUT2D eigenvalue weighted by Gasteiger charge is -2.25. The highest BCUT2D eigenvalue weighted by Crippen LogP contribution is 2.18. The van der Waals surface area contributed by atoms with E-state index in [2.05, 4.69) is 35.7 Å². The number of amides is 1. The van der Waals surface area contributed by atoms with Gasteiger partial charge >= 0.3 is 0 Å². The Morgan fingerprint density at radius 1 is 1.29 bits per heavy atom. The number of carbonyl (C=O) groups excluding carboxylic acids is 1. The number of fused-ring (bicyclic) bond motifs is 1. The maximum absolute atomic E-state index is 12.6. The van der Waals surface area contributed by atoms with Gasteiger partial charge in [-0.2, -0.15) is 0 Å². The number of carbonyl (C=O) groups is 1. The minimum absolute atomic E-state index is 0.0308. The van der Waals surface area contributed by atoms with Crippen LogP contribution in [0.15, 0.2) is 42.7 Å². The molecular weight excluding hydrogens is 302 g/mol. The largest absolute Gasteiger partial charge is 0.368 e. The lowest BCUT2D eigenvalue weighted by atomic mass is 10.1. The van der Waals surface area contributed by atoms with E-state index >= 15 is 0 Å². The second-order valence-electron chi connectivity index (χ2n) is 6.78. The first-order valence-corrected chi connectivity index (χ1v) is 8.55. The molecule has 0 aromatic carbocycles. The van der Waals surface area contributed by atoms with E-state index in [-0.39, 0.29) is 12.0 Å². The van der Waals surface area contributed by atoms with Crippen LogP contribution >= 0.6 is 0 Å². The molecule has 128 valence electrons. The summed E-state index contributed by atoms with van der Waals surface area (Å²) in [7, 11) is 0. The molecule has 2 aromatic heterocycles. The predicted molar refractivity (Wildman–Crippen MR) is 92.1 cm³/mol. The van der Waals surface area contributed by atoms with Crippen LogP contribution in [0.4, 0.5) is 0 Å². The molecule has 5 nitrogen and oxygen atoms in total. The first-order chi connectivity index (χ1) is 11.6. The van der Waals surface area contributed by atoms with E-state index in [4.69, 9.17) is 4.74 Å². The number of hydrogen-bond acceptors (Lipinski definition) is 3. The summed E-state index contributed by atoms with van der Waals surface area (Å²) in [5.74, 6) is 0.562. The third kappa shape index (κ3) is 4.23. The Hall–Kier alpha value is -2.14. The van der Waals surface area contributed by atoms with Gasteiger partial charge in [0, 0.05) is 31.1 Å². The fraction of sp³-hybridized carbons (Fsp3) is 0.474. The highest BCUT2D eigenvalue weighted by atomic mass is 16.5. The van der Waals surface area contributed by atoms with Crippen LogP contribution in [0.5, 0.6) is 0 Å². The van der Waals surface area contributed by atoms with Crippen LogP contribution in [0.1, 0.15) is 31.7 Å². The summed E-state index contributed by atoms with van der Waals surface area (Å²) in [5.41, 5.74) is 2.07. The van der Waals surface area contributed by atoms with Gasteiger partial charge in [0.05, 0.1) is 31.5 Å². The second-order valence-corrected chi connectivity index (χ2v) is 6.78. The fourth-order valence-electron chi connectivity index (χ4n) is 3.01. The molecule has 1 atom stereocenters. The van der Waals surface area contributed by atoms with Gasteiger partial charge in [0.25, 0.3) is 0 Å². The summed E-state index contributed by atoms with van der Waals surface area (Å²) in [4.78, 5) is 18.8. The minimum atomic E-state index is -0.0308. The first-order valence-electron chi connectivity index (χ1n) is 8.55. The van der Waals surface area contributed by atoms with Crippen LogP contribution in [-0.2, 0) is 29.2 Å². The summed E-state index contributed by atoms with van der Waals surface area (Å²) in [6, 6.07) is 9.92. The Kier molecular flexibility index (Phi) is 5.30. The van der Waals surface area contributed by atoms with E-state index < -0.39 is 0 Å². The standard InChI is InChI=1S/C19H25N3O2/c1-15(2)10-19(23)22-11-17-7-5-9-21(17)12-18(13-22)24-14-16-6-3-4-8-20-16/h3-9,15,18H,10-14H2,1-2H3/t18-/m0/s1. The molecule has 1 aliphatic heterocycles. The van der Waals surface area contributed by atoms with Crippen molar-refractivity contribution in [3.05, 3.63) is 54.1 Å². The SMILES string of the molecule is CC(C)CC(=O)N1Cc2cccn2C[C@H](OCc2ccccn2)C1. The van der Waals surface area contributed by atoms with Crippen molar-refractivity contribution in [2.45, 2.75) is 46.1 Å². The lowest BCUT2D eigenvalue weighted by molar-refractivity contribution is -0.134. The van der Waals surface area contributed by atoms with Crippen molar-refractivity contribution in [2.24, 2.45) is 5.92 Å². The van der Waals surface area contributed by atoms with Crippen molar-refractivity contribution in [3.63, 3.8) is 0 Å². The molecule has 3 heterocycles. The van der Waals surface area contributed by atoms with Crippen molar-refractivity contribution in [3.8, 4) is 0 Å². The zero-order valence-corrected chi connectivity index (χ0v) is 14.4. The van der Waals surface area contributed by atoms with Crippen molar-refractivity contribution >= 4 is 5.91 Å². The van der Waals surface area contributed by atoms with Gasteiger partial charge in [-0.05, 0) is 30.2 Å². The topological polar surface area (TPSA) is 47.4 Å². The smallest absolute Gasteiger partial charge is 0.223 e. The molecule has 0 bridgehead atoms. The van der Waals surface area contributed by atoms with Crippen LogP contribution in [0.3, 0.4) is 0 Å². The Morgan fingerprint density at radius 2 is 2.17 bits per heavy atom. The van der Waals surface area contributed by atoms with E-state index in [9.17, 15) is 4.79 Å². The molecule has 0 spiro atoms. The summed E-state index contributed by atoms with van der Waals surface area (Å²) in [6.45, 7) is 6.66. The fourth-order valence-corrected chi connectivity index (χ4v) is 3.01. The molecule has 3 rings (SSSR count). The van der Waals surface area contributed by atoms with Crippen LogP contribution in [0, 0.1) is 5.92 Å². The molecular formula is C19H25N3O2. The van der Waals surface area contributed by atoms with Crippen LogP contribution in [0.25, 0.3) is 0 Å². The number of rotatable bonds is 5. The van der Waals surface area contributed by atoms with Crippen LogP contribution in [-0.4, -0.2) is 33.0 Å². The van der Waals surface area contributed by atoms with Crippen molar-refractivity contribution < 1.29 is 9.53 Å². The van der Waals surface area contributed by atoms with Gasteiger partial charge in [0.2, 0.25) is 5.91 Å². The molecule has 1 aliphatic rings. The molecule has 0 aliphatic carbocycles. The van der Waals surface area contributed by atoms with Crippen molar-refractivity contribution in [2.75, 3.05) is 6.54 Å². The average molecular weight is 327 g/mol. The van der Waals surface area contributed by atoms with E-state index in [1.54, 1.807) is 6.20 Å². The highest BCUT2D eigenvalue weighted by Gasteiger charge is 2.25. The summed E-state index contributed by atoms with van der Waals surface area (Å²) >= 11 is 0. The van der Waals surface area contributed by atoms with Gasteiger partial charge in [0.1, 0.15) is 0 Å². The van der Waals surface area contributed by atoms with E-state index in [0.29, 0.717) is 32.0 Å². The van der Waals surface area contributed by atoms with Gasteiger partial charge in [-0.25, -0.2) is 0 Å². The van der Waals surface area contributed by atoms with Gasteiger partial charge in [-0.1, -0.05) is 19.9 Å². The zero-order valence-electron chi connectivity index (χ0n) is 14.4. The van der Waals surface area contributed by atoms with Crippen LogP contribution < -0.4 is 0 Å². The Bertz CT molecular complexity index is 666. The molecule has 0 fully saturated rings. The number of aromatic nitrogens is 2. The number of hydrogen-bond donors (Lipinski definition) is 0. The van der Waals surface area contributed by atoms with E-state index in [0.717, 1.165) is 17.9 Å². The van der Waals surface area contributed by atoms with Gasteiger partial charge in [-0.3, -0.25) is 9.78 Å². The molecule has 24 heavy (non-hydrogen) atoms. The molecule has 0 saturated heterocycles. The highest BCUT2D eigenvalue weighted by molar-refractivity contribution is 5.76. The van der Waals surface area contributed by atoms with Gasteiger partial charge < -0.3 is 14.2 Å². The van der Waals surface area contributed by atoms with Gasteiger partial charge in [-0.15, -0.1) is 0 Å². The quantitative estimate of drug-likeness (QED) is 0.848. The zero-order chi connectivity index (χ0) is 16.9. The molecule has 2 aromatic rings. The van der Waals surface area contributed by atoms with E-state index in [1.807, 2.05) is 29.2 Å². The first kappa shape index (κ1) is 16.7. The van der Waals surface area contributed by atoms with Gasteiger partial charge in [0.15, 0.2) is 0 Å². The second kappa shape index (κ2) is 7.62. The third-order valence-corrected chi connectivity index (χ3v) is 4.23. The number of pyridine rings is 1. The molecule has 0 saturated carbocycles. The number of ether oxygens (including phenoxy) is 1. The lowest BCUT2D eigenvalue weighted by Crippen LogP contribution is -2.37. The summed E-state index contributed by atoms with van der Waals surface area (Å²) in [5, 5.41) is 0. The maximum atomic E-state index is 12.6. The Morgan fingerprint density at radius 3 is 2.92 bits per heavy atom. The average Bonchev–Trinajstić information content (AvgIpc) is 2.91. The maximum Gasteiger partial charge on any atom is 0.223 e. The summed E-state index contributed by atoms with van der Waals surface area (Å²) < 4.78 is 8.27. The number of nitrogens with zero attached hydrogens (tertiary/aromatic N) is 3. The third-order valence-electron chi connectivity index (χ3n) is 4.23.